The molecule has 0 radical (unpaired) electrons. The molecule has 0 bridgehead atoms. The molecule has 1 N–H and O–H groups in total. The largest absolute Gasteiger partial charge is 0.379 e. The summed E-state index contributed by atoms with van der Waals surface area (Å²) in [6, 6.07) is 0.196. The first-order valence-corrected chi connectivity index (χ1v) is 7.49. The molecule has 2 heterocycles. The maximum Gasteiger partial charge on any atom is 0.0775 e. The lowest BCUT2D eigenvalue weighted by atomic mass is 9.89. The van der Waals surface area contributed by atoms with Gasteiger partial charge < -0.3 is 10.1 Å². The zero-order valence-corrected chi connectivity index (χ0v) is 13.1. The zero-order chi connectivity index (χ0) is 14.6. The predicted molar refractivity (Wildman–Crippen MR) is 78.6 cm³/mol. The van der Waals surface area contributed by atoms with Crippen molar-refractivity contribution in [3.8, 4) is 0 Å². The molecule has 6 heteroatoms. The van der Waals surface area contributed by atoms with Gasteiger partial charge >= 0.3 is 0 Å². The summed E-state index contributed by atoms with van der Waals surface area (Å²) in [4.78, 5) is 2.49. The Morgan fingerprint density at radius 1 is 1.40 bits per heavy atom. The Morgan fingerprint density at radius 3 is 2.70 bits per heavy atom. The van der Waals surface area contributed by atoms with E-state index in [1.54, 1.807) is 0 Å². The van der Waals surface area contributed by atoms with Crippen molar-refractivity contribution in [1.82, 2.24) is 25.2 Å². The standard InChI is InChI=1S/C14H27N5O/c1-5-6-19-12(11-16-17-19)13(15-4)14(2,3)18-7-9-20-10-8-18/h11,13,15H,5-10H2,1-4H3. The Kier molecular flexibility index (Phi) is 5.12. The number of aryl methyl sites for hydroxylation is 1. The third kappa shape index (κ3) is 3.02. The molecule has 6 nitrogen and oxygen atoms in total. The fourth-order valence-corrected chi connectivity index (χ4v) is 3.06. The normalized spacial score (nSPS) is 19.2. The smallest absolute Gasteiger partial charge is 0.0775 e. The highest BCUT2D eigenvalue weighted by atomic mass is 16.5. The van der Waals surface area contributed by atoms with E-state index in [0.717, 1.165) is 45.0 Å². The summed E-state index contributed by atoms with van der Waals surface area (Å²) in [5, 5.41) is 11.8. The summed E-state index contributed by atoms with van der Waals surface area (Å²) < 4.78 is 7.49. The van der Waals surface area contributed by atoms with Gasteiger partial charge in [0.1, 0.15) is 0 Å². The van der Waals surface area contributed by atoms with Crippen LogP contribution in [0.1, 0.15) is 38.9 Å². The molecule has 1 aliphatic rings. The van der Waals surface area contributed by atoms with E-state index in [0.29, 0.717) is 0 Å². The number of aromatic nitrogens is 3. The molecule has 1 fully saturated rings. The van der Waals surface area contributed by atoms with Crippen LogP contribution in [0.3, 0.4) is 0 Å². The minimum atomic E-state index is -0.00820. The Bertz CT molecular complexity index is 411. The van der Waals surface area contributed by atoms with E-state index in [1.165, 1.54) is 0 Å². The van der Waals surface area contributed by atoms with E-state index in [9.17, 15) is 0 Å². The van der Waals surface area contributed by atoms with Gasteiger partial charge in [0.25, 0.3) is 0 Å². The molecule has 0 aromatic carbocycles. The van der Waals surface area contributed by atoms with Crippen molar-refractivity contribution in [3.05, 3.63) is 11.9 Å². The first kappa shape index (κ1) is 15.4. The van der Waals surface area contributed by atoms with Crippen LogP contribution in [0.4, 0.5) is 0 Å². The maximum atomic E-state index is 5.47. The fourth-order valence-electron chi connectivity index (χ4n) is 3.06. The second-order valence-corrected chi connectivity index (χ2v) is 5.86. The number of rotatable bonds is 6. The van der Waals surface area contributed by atoms with E-state index in [2.05, 4.69) is 41.3 Å². The van der Waals surface area contributed by atoms with Crippen molar-refractivity contribution in [2.75, 3.05) is 33.4 Å². The van der Waals surface area contributed by atoms with Crippen molar-refractivity contribution in [1.29, 1.82) is 0 Å². The average molecular weight is 281 g/mol. The summed E-state index contributed by atoms with van der Waals surface area (Å²) in [7, 11) is 2.01. The molecule has 0 aliphatic carbocycles. The van der Waals surface area contributed by atoms with Crippen LogP contribution in [-0.4, -0.2) is 58.8 Å². The lowest BCUT2D eigenvalue weighted by Gasteiger charge is -2.45. The molecular weight excluding hydrogens is 254 g/mol. The number of morpholine rings is 1. The second kappa shape index (κ2) is 6.65. The van der Waals surface area contributed by atoms with Crippen molar-refractivity contribution in [2.24, 2.45) is 0 Å². The molecule has 0 saturated carbocycles. The lowest BCUT2D eigenvalue weighted by molar-refractivity contribution is -0.0239. The first-order valence-electron chi connectivity index (χ1n) is 7.49. The molecule has 0 amide bonds. The Hall–Kier alpha value is -0.980. The maximum absolute atomic E-state index is 5.47. The van der Waals surface area contributed by atoms with Gasteiger partial charge in [0.15, 0.2) is 0 Å². The van der Waals surface area contributed by atoms with Gasteiger partial charge in [-0.2, -0.15) is 0 Å². The summed E-state index contributed by atoms with van der Waals surface area (Å²) in [5.41, 5.74) is 1.15. The van der Waals surface area contributed by atoms with E-state index in [-0.39, 0.29) is 11.6 Å². The minimum Gasteiger partial charge on any atom is -0.379 e. The lowest BCUT2D eigenvalue weighted by Crippen LogP contribution is -2.56. The van der Waals surface area contributed by atoms with Crippen molar-refractivity contribution in [3.63, 3.8) is 0 Å². The Morgan fingerprint density at radius 2 is 2.10 bits per heavy atom. The van der Waals surface area contributed by atoms with E-state index >= 15 is 0 Å². The topological polar surface area (TPSA) is 55.2 Å². The molecule has 20 heavy (non-hydrogen) atoms. The minimum absolute atomic E-state index is 0.00820. The van der Waals surface area contributed by atoms with Gasteiger partial charge in [-0.25, -0.2) is 4.68 Å². The van der Waals surface area contributed by atoms with E-state index < -0.39 is 0 Å². The number of nitrogens with zero attached hydrogens (tertiary/aromatic N) is 4. The number of ether oxygens (including phenoxy) is 1. The molecule has 1 unspecified atom stereocenters. The third-order valence-electron chi connectivity index (χ3n) is 4.20. The molecule has 1 aromatic heterocycles. The first-order chi connectivity index (χ1) is 9.61. The Balaban J connectivity index is 2.22. The predicted octanol–water partition coefficient (Wildman–Crippen LogP) is 1.06. The van der Waals surface area contributed by atoms with Crippen LogP contribution in [0.15, 0.2) is 6.20 Å². The average Bonchev–Trinajstić information content (AvgIpc) is 2.89. The molecule has 1 saturated heterocycles. The highest BCUT2D eigenvalue weighted by Crippen LogP contribution is 2.31. The third-order valence-corrected chi connectivity index (χ3v) is 4.20. The fraction of sp³-hybridized carbons (Fsp3) is 0.857. The van der Waals surface area contributed by atoms with Gasteiger partial charge in [-0.3, -0.25) is 4.90 Å². The van der Waals surface area contributed by atoms with Crippen molar-refractivity contribution < 1.29 is 4.74 Å². The quantitative estimate of drug-likeness (QED) is 0.845. The second-order valence-electron chi connectivity index (χ2n) is 5.86. The van der Waals surface area contributed by atoms with Crippen LogP contribution >= 0.6 is 0 Å². The Labute approximate surface area is 121 Å². The molecule has 1 atom stereocenters. The molecule has 114 valence electrons. The van der Waals surface area contributed by atoms with Crippen LogP contribution in [0.5, 0.6) is 0 Å². The monoisotopic (exact) mass is 281 g/mol. The SMILES string of the molecule is CCCn1nncc1C(NC)C(C)(C)N1CCOCC1. The van der Waals surface area contributed by atoms with Gasteiger partial charge in [-0.05, 0) is 27.3 Å². The van der Waals surface area contributed by atoms with Crippen LogP contribution in [0.2, 0.25) is 0 Å². The molecule has 1 aliphatic heterocycles. The van der Waals surface area contributed by atoms with Crippen LogP contribution < -0.4 is 5.32 Å². The summed E-state index contributed by atoms with van der Waals surface area (Å²) in [6.07, 6.45) is 2.95. The van der Waals surface area contributed by atoms with Crippen molar-refractivity contribution in [2.45, 2.75) is 45.3 Å². The van der Waals surface area contributed by atoms with Gasteiger partial charge in [0.2, 0.25) is 0 Å². The summed E-state index contributed by atoms with van der Waals surface area (Å²) >= 11 is 0. The van der Waals surface area contributed by atoms with Gasteiger partial charge in [-0.1, -0.05) is 12.1 Å². The van der Waals surface area contributed by atoms with Crippen LogP contribution in [-0.2, 0) is 11.3 Å². The van der Waals surface area contributed by atoms with Gasteiger partial charge in [0, 0.05) is 25.2 Å². The highest BCUT2D eigenvalue weighted by Gasteiger charge is 2.38. The number of hydrogen-bond donors (Lipinski definition) is 1. The van der Waals surface area contributed by atoms with E-state index in [4.69, 9.17) is 4.74 Å². The number of hydrogen-bond acceptors (Lipinski definition) is 5. The van der Waals surface area contributed by atoms with Gasteiger partial charge in [-0.15, -0.1) is 5.10 Å². The molecule has 1 aromatic rings. The van der Waals surface area contributed by atoms with E-state index in [1.807, 2.05) is 17.9 Å². The van der Waals surface area contributed by atoms with Crippen LogP contribution in [0, 0.1) is 0 Å². The summed E-state index contributed by atoms with van der Waals surface area (Å²) in [6.45, 7) is 11.2. The number of likely N-dealkylation sites (N-methyl/N-ethyl adjacent to an activating group) is 1. The highest BCUT2D eigenvalue weighted by molar-refractivity contribution is 5.11. The number of nitrogens with one attached hydrogen (secondary N) is 1. The molecular formula is C14H27N5O. The molecule has 2 rings (SSSR count). The zero-order valence-electron chi connectivity index (χ0n) is 13.1. The van der Waals surface area contributed by atoms with Gasteiger partial charge in [0.05, 0.1) is 31.1 Å². The molecule has 0 spiro atoms. The van der Waals surface area contributed by atoms with Crippen LogP contribution in [0.25, 0.3) is 0 Å². The van der Waals surface area contributed by atoms with Crippen molar-refractivity contribution >= 4 is 0 Å². The summed E-state index contributed by atoms with van der Waals surface area (Å²) in [5.74, 6) is 0.